The predicted molar refractivity (Wildman–Crippen MR) is 103 cm³/mol. The van der Waals surface area contributed by atoms with Crippen LogP contribution in [0.1, 0.15) is 54.1 Å². The number of carboxylic acid groups (broad SMARTS) is 1. The number of halogens is 1. The Morgan fingerprint density at radius 2 is 2.11 bits per heavy atom. The Morgan fingerprint density at radius 3 is 2.75 bits per heavy atom. The number of carbonyl (C=O) groups is 1. The predicted octanol–water partition coefficient (Wildman–Crippen LogP) is 2.73. The molecule has 8 heteroatoms. The second-order valence-corrected chi connectivity index (χ2v) is 7.52. The smallest absolute Gasteiger partial charge is 0.341 e. The number of hydrogen-bond donors (Lipinski definition) is 2. The molecule has 2 fully saturated rings. The van der Waals surface area contributed by atoms with Crippen LogP contribution in [-0.4, -0.2) is 35.1 Å². The van der Waals surface area contributed by atoms with Gasteiger partial charge in [-0.1, -0.05) is 0 Å². The molecule has 2 aliphatic rings. The van der Waals surface area contributed by atoms with Crippen molar-refractivity contribution < 1.29 is 19.0 Å². The molecule has 0 radical (unpaired) electrons. The van der Waals surface area contributed by atoms with E-state index in [1.54, 1.807) is 6.92 Å². The number of rotatable bonds is 5. The maximum atomic E-state index is 15.2. The molecule has 1 aliphatic heterocycles. The quantitative estimate of drug-likeness (QED) is 0.763. The summed E-state index contributed by atoms with van der Waals surface area (Å²) in [6.45, 7) is 2.46. The number of aromatic nitrogens is 1. The van der Waals surface area contributed by atoms with Gasteiger partial charge in [-0.05, 0) is 50.7 Å². The number of benzene rings is 1. The molecule has 3 N–H and O–H groups in total. The van der Waals surface area contributed by atoms with Crippen LogP contribution in [0.5, 0.6) is 0 Å². The highest BCUT2D eigenvalue weighted by atomic mass is 19.1. The highest BCUT2D eigenvalue weighted by molar-refractivity contribution is 5.95. The minimum atomic E-state index is -1.30. The Balaban J connectivity index is 1.97. The summed E-state index contributed by atoms with van der Waals surface area (Å²) >= 11 is 0. The average Bonchev–Trinajstić information content (AvgIpc) is 3.49. The van der Waals surface area contributed by atoms with Crippen LogP contribution >= 0.6 is 0 Å². The summed E-state index contributed by atoms with van der Waals surface area (Å²) in [7, 11) is 0. The van der Waals surface area contributed by atoms with E-state index in [0.717, 1.165) is 32.1 Å². The summed E-state index contributed by atoms with van der Waals surface area (Å²) in [5.41, 5.74) is 6.22. The molecule has 1 atom stereocenters. The van der Waals surface area contributed by atoms with Crippen LogP contribution < -0.4 is 16.1 Å². The number of nitrogens with zero attached hydrogens (tertiary/aromatic N) is 2. The van der Waals surface area contributed by atoms with E-state index in [2.05, 4.69) is 0 Å². The zero-order valence-corrected chi connectivity index (χ0v) is 15.8. The van der Waals surface area contributed by atoms with Gasteiger partial charge in [0.25, 0.3) is 0 Å². The van der Waals surface area contributed by atoms with Crippen molar-refractivity contribution in [3.63, 3.8) is 0 Å². The third-order valence-electron chi connectivity index (χ3n) is 5.67. The third kappa shape index (κ3) is 3.06. The van der Waals surface area contributed by atoms with Crippen LogP contribution in [0.2, 0.25) is 0 Å². The van der Waals surface area contributed by atoms with Gasteiger partial charge in [0.1, 0.15) is 17.6 Å². The number of aromatic carboxylic acids is 1. The lowest BCUT2D eigenvalue weighted by molar-refractivity contribution is 0.0383. The maximum Gasteiger partial charge on any atom is 0.341 e. The highest BCUT2D eigenvalue weighted by Crippen LogP contribution is 2.40. The van der Waals surface area contributed by atoms with Crippen LogP contribution in [0.15, 0.2) is 17.1 Å². The van der Waals surface area contributed by atoms with Crippen molar-refractivity contribution in [2.45, 2.75) is 51.3 Å². The lowest BCUT2D eigenvalue weighted by Gasteiger charge is -2.38. The number of pyridine rings is 1. The molecule has 0 spiro atoms. The van der Waals surface area contributed by atoms with Crippen molar-refractivity contribution in [2.75, 3.05) is 18.2 Å². The van der Waals surface area contributed by atoms with E-state index in [-0.39, 0.29) is 30.0 Å². The van der Waals surface area contributed by atoms with Gasteiger partial charge in [0.05, 0.1) is 17.9 Å². The van der Waals surface area contributed by atoms with Crippen LogP contribution in [0.25, 0.3) is 10.9 Å². The molecule has 1 saturated carbocycles. The van der Waals surface area contributed by atoms with Crippen molar-refractivity contribution in [3.8, 4) is 0 Å². The third-order valence-corrected chi connectivity index (χ3v) is 5.67. The van der Waals surface area contributed by atoms with Crippen LogP contribution in [0.3, 0.4) is 0 Å². The van der Waals surface area contributed by atoms with Gasteiger partial charge in [-0.25, -0.2) is 9.18 Å². The maximum absolute atomic E-state index is 15.2. The number of fused-ring (bicyclic) bond motifs is 1. The lowest BCUT2D eigenvalue weighted by Crippen LogP contribution is -2.43. The first-order valence-corrected chi connectivity index (χ1v) is 9.63. The number of carboxylic acids is 1. The van der Waals surface area contributed by atoms with E-state index in [4.69, 9.17) is 10.5 Å². The molecule has 150 valence electrons. The molecule has 1 aromatic carbocycles. The Kier molecular flexibility index (Phi) is 4.84. The minimum Gasteiger partial charge on any atom is -0.477 e. The van der Waals surface area contributed by atoms with Gasteiger partial charge in [-0.2, -0.15) is 0 Å². The number of nitrogens with two attached hydrogens (primary N) is 1. The van der Waals surface area contributed by atoms with Crippen molar-refractivity contribution in [1.29, 1.82) is 0 Å². The zero-order valence-electron chi connectivity index (χ0n) is 15.8. The molecule has 28 heavy (non-hydrogen) atoms. The normalized spacial score (nSPS) is 20.0. The zero-order chi connectivity index (χ0) is 20.0. The highest BCUT2D eigenvalue weighted by Gasteiger charge is 2.32. The summed E-state index contributed by atoms with van der Waals surface area (Å²) in [4.78, 5) is 26.1. The molecule has 4 rings (SSSR count). The van der Waals surface area contributed by atoms with E-state index < -0.39 is 17.2 Å². The van der Waals surface area contributed by atoms with Gasteiger partial charge >= 0.3 is 5.97 Å². The van der Waals surface area contributed by atoms with Crippen LogP contribution in [0, 0.1) is 12.7 Å². The molecule has 1 saturated heterocycles. The molecular formula is C20H24FN3O4. The Morgan fingerprint density at radius 1 is 1.36 bits per heavy atom. The molecule has 1 aliphatic carbocycles. The van der Waals surface area contributed by atoms with E-state index in [9.17, 15) is 14.7 Å². The van der Waals surface area contributed by atoms with E-state index in [1.807, 2.05) is 9.47 Å². The first kappa shape index (κ1) is 18.9. The van der Waals surface area contributed by atoms with E-state index in [0.29, 0.717) is 23.3 Å². The number of piperidine rings is 1. The Hall–Kier alpha value is -2.45. The molecule has 2 aromatic rings. The fourth-order valence-electron chi connectivity index (χ4n) is 4.26. The SMILES string of the molecule is Cc1c(N2CCCCC2OCN)c(F)cc2c(=O)c(C(=O)O)cn(C3CC3)c12. The average molecular weight is 389 g/mol. The Labute approximate surface area is 161 Å². The summed E-state index contributed by atoms with van der Waals surface area (Å²) in [5, 5.41) is 9.51. The molecule has 7 nitrogen and oxygen atoms in total. The number of ether oxygens (including phenoxy) is 1. The van der Waals surface area contributed by atoms with Crippen molar-refractivity contribution >= 4 is 22.6 Å². The van der Waals surface area contributed by atoms with Crippen molar-refractivity contribution in [2.24, 2.45) is 5.73 Å². The van der Waals surface area contributed by atoms with Gasteiger partial charge in [0.15, 0.2) is 0 Å². The summed E-state index contributed by atoms with van der Waals surface area (Å²) in [5.74, 6) is -1.84. The van der Waals surface area contributed by atoms with E-state index in [1.165, 1.54) is 12.3 Å². The Bertz CT molecular complexity index is 997. The second kappa shape index (κ2) is 7.18. The fraction of sp³-hybridized carbons (Fsp3) is 0.500. The topological polar surface area (TPSA) is 97.8 Å². The van der Waals surface area contributed by atoms with E-state index >= 15 is 4.39 Å². The first-order valence-electron chi connectivity index (χ1n) is 9.63. The largest absolute Gasteiger partial charge is 0.477 e. The summed E-state index contributed by atoms with van der Waals surface area (Å²) in [6, 6.07) is 1.31. The van der Waals surface area contributed by atoms with Crippen LogP contribution in [-0.2, 0) is 4.74 Å². The monoisotopic (exact) mass is 389 g/mol. The number of aryl methyl sites for hydroxylation is 1. The number of hydrogen-bond acceptors (Lipinski definition) is 5. The first-order chi connectivity index (χ1) is 13.4. The van der Waals surface area contributed by atoms with Gasteiger partial charge in [0, 0.05) is 24.2 Å². The molecule has 1 unspecified atom stereocenters. The van der Waals surface area contributed by atoms with Gasteiger partial charge < -0.3 is 25.0 Å². The van der Waals surface area contributed by atoms with Gasteiger partial charge in [0.2, 0.25) is 5.43 Å². The standard InChI is InChI=1S/C20H24FN3O4/c1-11-17-13(19(25)14(20(26)27)9-24(17)12-5-6-12)8-15(21)18(11)23-7-3-2-4-16(23)28-10-22/h8-9,12,16H,2-7,10,22H2,1H3,(H,26,27). The van der Waals surface area contributed by atoms with Gasteiger partial charge in [-0.3, -0.25) is 4.79 Å². The van der Waals surface area contributed by atoms with Crippen molar-refractivity contribution in [3.05, 3.63) is 39.4 Å². The number of anilines is 1. The fourth-order valence-corrected chi connectivity index (χ4v) is 4.26. The van der Waals surface area contributed by atoms with Gasteiger partial charge in [-0.15, -0.1) is 0 Å². The lowest BCUT2D eigenvalue weighted by atomic mass is 10.0. The summed E-state index contributed by atoms with van der Waals surface area (Å²) in [6.07, 6.45) is 5.55. The molecular weight excluding hydrogens is 365 g/mol. The molecule has 1 aromatic heterocycles. The van der Waals surface area contributed by atoms with Crippen LogP contribution in [0.4, 0.5) is 10.1 Å². The second-order valence-electron chi connectivity index (χ2n) is 7.52. The minimum absolute atomic E-state index is 0.0458. The molecule has 2 heterocycles. The molecule has 0 bridgehead atoms. The van der Waals surface area contributed by atoms with Crippen molar-refractivity contribution in [1.82, 2.24) is 4.57 Å². The summed E-state index contributed by atoms with van der Waals surface area (Å²) < 4.78 is 22.7. The molecule has 0 amide bonds.